The lowest BCUT2D eigenvalue weighted by Crippen LogP contribution is -2.39. The number of rotatable bonds is 5. The van der Waals surface area contributed by atoms with Crippen LogP contribution in [0.5, 0.6) is 0 Å². The number of aliphatic hydroxyl groups is 1. The van der Waals surface area contributed by atoms with Gasteiger partial charge in [-0.25, -0.2) is 0 Å². The molecule has 1 unspecified atom stereocenters. The first-order valence-corrected chi connectivity index (χ1v) is 6.74. The van der Waals surface area contributed by atoms with Crippen LogP contribution in [-0.4, -0.2) is 42.0 Å². The second-order valence-electron chi connectivity index (χ2n) is 5.11. The van der Waals surface area contributed by atoms with Gasteiger partial charge < -0.3 is 10.0 Å². The molecule has 90 valence electrons. The third-order valence-corrected chi connectivity index (χ3v) is 4.10. The fraction of sp³-hybridized carbons (Fsp3) is 1.00. The molecule has 2 nitrogen and oxygen atoms in total. The second-order valence-corrected chi connectivity index (χ2v) is 5.48. The first-order chi connectivity index (χ1) is 7.17. The minimum Gasteiger partial charge on any atom is -0.396 e. The maximum atomic E-state index is 9.06. The average Bonchev–Trinajstić information content (AvgIpc) is 2.26. The molecule has 1 saturated heterocycles. The van der Waals surface area contributed by atoms with Gasteiger partial charge in [-0.3, -0.25) is 0 Å². The van der Waals surface area contributed by atoms with Crippen LogP contribution in [0.3, 0.4) is 0 Å². The molecule has 1 aliphatic heterocycles. The van der Waals surface area contributed by atoms with E-state index in [0.29, 0.717) is 18.4 Å². The Labute approximate surface area is 99.5 Å². The van der Waals surface area contributed by atoms with Crippen LogP contribution in [0.1, 0.15) is 26.7 Å². The van der Waals surface area contributed by atoms with E-state index in [4.69, 9.17) is 5.11 Å². The molecule has 0 bridgehead atoms. The van der Waals surface area contributed by atoms with E-state index in [0.717, 1.165) is 37.6 Å². The van der Waals surface area contributed by atoms with Gasteiger partial charge in [0.1, 0.15) is 0 Å². The lowest BCUT2D eigenvalue weighted by molar-refractivity contribution is 0.115. The van der Waals surface area contributed by atoms with Crippen LogP contribution in [0.2, 0.25) is 0 Å². The van der Waals surface area contributed by atoms with Crippen LogP contribution in [0.4, 0.5) is 0 Å². The highest BCUT2D eigenvalue weighted by Gasteiger charge is 2.21. The van der Waals surface area contributed by atoms with Crippen LogP contribution in [0, 0.1) is 17.8 Å². The third kappa shape index (κ3) is 4.33. The quantitative estimate of drug-likeness (QED) is 0.706. The predicted molar refractivity (Wildman–Crippen MR) is 68.4 cm³/mol. The Bertz CT molecular complexity index is 167. The second kappa shape index (κ2) is 6.77. The predicted octanol–water partition coefficient (Wildman–Crippen LogP) is 1.89. The van der Waals surface area contributed by atoms with Crippen molar-refractivity contribution in [2.75, 3.05) is 32.0 Å². The SMILES string of the molecule is CC(C)C(CS)CN1CCC(CO)CC1. The molecule has 0 aromatic rings. The summed E-state index contributed by atoms with van der Waals surface area (Å²) in [6, 6.07) is 0. The van der Waals surface area contributed by atoms with Crippen LogP contribution in [0.15, 0.2) is 0 Å². The Morgan fingerprint density at radius 1 is 1.33 bits per heavy atom. The highest BCUT2D eigenvalue weighted by molar-refractivity contribution is 7.80. The molecule has 1 heterocycles. The molecule has 0 radical (unpaired) electrons. The number of hydrogen-bond acceptors (Lipinski definition) is 3. The minimum atomic E-state index is 0.369. The molecule has 0 aliphatic carbocycles. The molecular weight excluding hydrogens is 206 g/mol. The number of thiol groups is 1. The zero-order valence-corrected chi connectivity index (χ0v) is 10.9. The van der Waals surface area contributed by atoms with E-state index in [1.54, 1.807) is 0 Å². The fourth-order valence-corrected chi connectivity index (χ4v) is 2.70. The monoisotopic (exact) mass is 231 g/mol. The number of piperidine rings is 1. The van der Waals surface area contributed by atoms with Gasteiger partial charge in [-0.1, -0.05) is 13.8 Å². The smallest absolute Gasteiger partial charge is 0.0460 e. The molecule has 15 heavy (non-hydrogen) atoms. The van der Waals surface area contributed by atoms with Crippen LogP contribution in [0.25, 0.3) is 0 Å². The summed E-state index contributed by atoms with van der Waals surface area (Å²) in [6.07, 6.45) is 2.32. The van der Waals surface area contributed by atoms with Gasteiger partial charge in [0.25, 0.3) is 0 Å². The molecule has 1 rings (SSSR count). The zero-order valence-electron chi connectivity index (χ0n) is 10.0. The lowest BCUT2D eigenvalue weighted by Gasteiger charge is -2.34. The van der Waals surface area contributed by atoms with Crippen molar-refractivity contribution in [3.05, 3.63) is 0 Å². The molecule has 1 fully saturated rings. The molecule has 0 amide bonds. The van der Waals surface area contributed by atoms with Crippen LogP contribution in [-0.2, 0) is 0 Å². The van der Waals surface area contributed by atoms with Gasteiger partial charge in [-0.2, -0.15) is 12.6 Å². The molecule has 0 saturated carbocycles. The van der Waals surface area contributed by atoms with Gasteiger partial charge >= 0.3 is 0 Å². The van der Waals surface area contributed by atoms with Crippen molar-refractivity contribution in [1.82, 2.24) is 4.90 Å². The number of likely N-dealkylation sites (tertiary alicyclic amines) is 1. The maximum Gasteiger partial charge on any atom is 0.0460 e. The zero-order chi connectivity index (χ0) is 11.3. The molecule has 0 aromatic heterocycles. The van der Waals surface area contributed by atoms with Gasteiger partial charge in [0.15, 0.2) is 0 Å². The molecule has 0 aromatic carbocycles. The summed E-state index contributed by atoms with van der Waals surface area (Å²) in [6.45, 7) is 8.42. The summed E-state index contributed by atoms with van der Waals surface area (Å²) >= 11 is 4.42. The minimum absolute atomic E-state index is 0.369. The van der Waals surface area contributed by atoms with E-state index >= 15 is 0 Å². The summed E-state index contributed by atoms with van der Waals surface area (Å²) in [7, 11) is 0. The van der Waals surface area contributed by atoms with E-state index in [9.17, 15) is 0 Å². The van der Waals surface area contributed by atoms with E-state index in [-0.39, 0.29) is 0 Å². The standard InChI is InChI=1S/C12H25NOS/c1-10(2)12(9-15)7-13-5-3-11(8-14)4-6-13/h10-12,14-15H,3-9H2,1-2H3. The third-order valence-electron chi connectivity index (χ3n) is 3.64. The Morgan fingerprint density at radius 2 is 1.93 bits per heavy atom. The molecule has 3 heteroatoms. The van der Waals surface area contributed by atoms with Crippen molar-refractivity contribution in [2.24, 2.45) is 17.8 Å². The molecular formula is C12H25NOS. The number of nitrogens with zero attached hydrogens (tertiary/aromatic N) is 1. The van der Waals surface area contributed by atoms with Crippen molar-refractivity contribution < 1.29 is 5.11 Å². The Balaban J connectivity index is 2.28. The van der Waals surface area contributed by atoms with Gasteiger partial charge in [0.2, 0.25) is 0 Å². The van der Waals surface area contributed by atoms with Gasteiger partial charge in [-0.15, -0.1) is 0 Å². The Kier molecular flexibility index (Phi) is 6.02. The Hall–Kier alpha value is 0.270. The van der Waals surface area contributed by atoms with Crippen molar-refractivity contribution >= 4 is 12.6 Å². The van der Waals surface area contributed by atoms with Crippen LogP contribution >= 0.6 is 12.6 Å². The highest BCUT2D eigenvalue weighted by Crippen LogP contribution is 2.20. The largest absolute Gasteiger partial charge is 0.396 e. The fourth-order valence-electron chi connectivity index (χ4n) is 2.16. The van der Waals surface area contributed by atoms with Crippen molar-refractivity contribution in [2.45, 2.75) is 26.7 Å². The van der Waals surface area contributed by atoms with Crippen molar-refractivity contribution in [3.63, 3.8) is 0 Å². The first-order valence-electron chi connectivity index (χ1n) is 6.11. The normalized spacial score (nSPS) is 22.2. The van der Waals surface area contributed by atoms with E-state index in [1.807, 2.05) is 0 Å². The van der Waals surface area contributed by atoms with Crippen molar-refractivity contribution in [3.8, 4) is 0 Å². The first kappa shape index (κ1) is 13.3. The number of aliphatic hydroxyl groups excluding tert-OH is 1. The van der Waals surface area contributed by atoms with Crippen LogP contribution < -0.4 is 0 Å². The van der Waals surface area contributed by atoms with E-state index in [1.165, 1.54) is 6.54 Å². The van der Waals surface area contributed by atoms with Gasteiger partial charge in [0.05, 0.1) is 0 Å². The van der Waals surface area contributed by atoms with Crippen molar-refractivity contribution in [1.29, 1.82) is 0 Å². The molecule has 0 spiro atoms. The van der Waals surface area contributed by atoms with E-state index in [2.05, 4.69) is 31.4 Å². The summed E-state index contributed by atoms with van der Waals surface area (Å²) < 4.78 is 0. The maximum absolute atomic E-state index is 9.06. The van der Waals surface area contributed by atoms with Gasteiger partial charge in [-0.05, 0) is 49.4 Å². The van der Waals surface area contributed by atoms with Gasteiger partial charge in [0, 0.05) is 13.2 Å². The highest BCUT2D eigenvalue weighted by atomic mass is 32.1. The van der Waals surface area contributed by atoms with E-state index < -0.39 is 0 Å². The summed E-state index contributed by atoms with van der Waals surface area (Å²) in [4.78, 5) is 2.53. The summed E-state index contributed by atoms with van der Waals surface area (Å²) in [5, 5.41) is 9.06. The molecule has 1 atom stereocenters. The summed E-state index contributed by atoms with van der Waals surface area (Å²) in [5.41, 5.74) is 0. The molecule has 1 aliphatic rings. The number of hydrogen-bond donors (Lipinski definition) is 2. The lowest BCUT2D eigenvalue weighted by atomic mass is 9.94. The molecule has 1 N–H and O–H groups in total. The Morgan fingerprint density at radius 3 is 2.33 bits per heavy atom. The topological polar surface area (TPSA) is 23.5 Å². The summed E-state index contributed by atoms with van der Waals surface area (Å²) in [5.74, 6) is 2.96. The average molecular weight is 231 g/mol.